The molecule has 0 saturated carbocycles. The van der Waals surface area contributed by atoms with Gasteiger partial charge < -0.3 is 9.52 Å². The minimum Gasteiger partial charge on any atom is -0.459 e. The van der Waals surface area contributed by atoms with Crippen molar-refractivity contribution in [2.45, 2.75) is 12.1 Å². The molecule has 1 aromatic rings. The van der Waals surface area contributed by atoms with Crippen LogP contribution in [0.3, 0.4) is 0 Å². The van der Waals surface area contributed by atoms with Gasteiger partial charge in [0, 0.05) is 12.1 Å². The number of hydrogen-bond donors (Lipinski definition) is 1. The first kappa shape index (κ1) is 12.6. The number of fused-ring (bicyclic) bond motifs is 2. The quantitative estimate of drug-likeness (QED) is 0.741. The maximum absolute atomic E-state index is 10.3. The zero-order chi connectivity index (χ0) is 14.4. The van der Waals surface area contributed by atoms with Gasteiger partial charge in [-0.2, -0.15) is 0 Å². The average Bonchev–Trinajstić information content (AvgIpc) is 2.95. The van der Waals surface area contributed by atoms with Gasteiger partial charge in [-0.25, -0.2) is 0 Å². The summed E-state index contributed by atoms with van der Waals surface area (Å²) in [5.74, 6) is 1.82. The summed E-state index contributed by atoms with van der Waals surface area (Å²) in [6.07, 6.45) is -0.440. The van der Waals surface area contributed by atoms with E-state index in [-0.39, 0.29) is 6.04 Å². The smallest absolute Gasteiger partial charge is 0.134 e. The van der Waals surface area contributed by atoms with Crippen LogP contribution in [0, 0.1) is 0 Å². The zero-order valence-electron chi connectivity index (χ0n) is 11.9. The lowest BCUT2D eigenvalue weighted by molar-refractivity contribution is 0.0883. The zero-order valence-corrected chi connectivity index (χ0v) is 11.9. The molecule has 0 amide bonds. The number of aliphatic hydroxyl groups excluding tert-OH is 1. The number of likely N-dealkylation sites (N-methyl/N-ethyl adjacent to an activating group) is 1. The van der Waals surface area contributed by atoms with E-state index in [9.17, 15) is 5.11 Å². The molecule has 1 N–H and O–H groups in total. The van der Waals surface area contributed by atoms with Crippen LogP contribution in [0.5, 0.6) is 0 Å². The van der Waals surface area contributed by atoms with Crippen LogP contribution in [0.25, 0.3) is 11.3 Å². The molecule has 0 saturated heterocycles. The van der Waals surface area contributed by atoms with Crippen molar-refractivity contribution in [1.82, 2.24) is 4.90 Å². The highest BCUT2D eigenvalue weighted by Crippen LogP contribution is 2.39. The molecule has 0 bridgehead atoms. The fourth-order valence-electron chi connectivity index (χ4n) is 3.28. The maximum atomic E-state index is 10.3. The van der Waals surface area contributed by atoms with Crippen molar-refractivity contribution >= 4 is 0 Å². The third-order valence-electron chi connectivity index (χ3n) is 4.28. The summed E-state index contributed by atoms with van der Waals surface area (Å²) in [5, 5.41) is 10.3. The molecule has 1 aromatic carbocycles. The van der Waals surface area contributed by atoms with Crippen molar-refractivity contribution in [2.75, 3.05) is 13.6 Å². The van der Waals surface area contributed by atoms with Gasteiger partial charge in [0.1, 0.15) is 11.5 Å². The van der Waals surface area contributed by atoms with Gasteiger partial charge in [0.05, 0.1) is 12.1 Å². The summed E-state index contributed by atoms with van der Waals surface area (Å²) in [6, 6.07) is 18.3. The second-order valence-corrected chi connectivity index (χ2v) is 5.67. The Balaban J connectivity index is 1.87. The first-order chi connectivity index (χ1) is 10.2. The highest BCUT2D eigenvalue weighted by Gasteiger charge is 2.32. The van der Waals surface area contributed by atoms with E-state index in [0.29, 0.717) is 6.54 Å². The summed E-state index contributed by atoms with van der Waals surface area (Å²) in [5.41, 5.74) is 3.23. The number of hydrogen-bond acceptors (Lipinski definition) is 3. The van der Waals surface area contributed by atoms with E-state index < -0.39 is 6.10 Å². The SMILES string of the molecule is CN1CC(O)c2ccccc2C1c1ccc2cccc-2o1. The van der Waals surface area contributed by atoms with E-state index in [1.54, 1.807) is 0 Å². The lowest BCUT2D eigenvalue weighted by atomic mass is 9.89. The number of rotatable bonds is 1. The van der Waals surface area contributed by atoms with Gasteiger partial charge in [-0.15, -0.1) is 0 Å². The predicted molar refractivity (Wildman–Crippen MR) is 81.2 cm³/mol. The summed E-state index contributed by atoms with van der Waals surface area (Å²) in [6.45, 7) is 0.607. The molecular formula is C18H17NO2. The molecule has 2 aliphatic heterocycles. The minimum atomic E-state index is -0.440. The Morgan fingerprint density at radius 3 is 2.67 bits per heavy atom. The monoisotopic (exact) mass is 279 g/mol. The second kappa shape index (κ2) is 4.72. The third kappa shape index (κ3) is 1.97. The van der Waals surface area contributed by atoms with Crippen LogP contribution in [-0.2, 0) is 0 Å². The molecule has 3 aliphatic rings. The number of aliphatic hydroxyl groups is 1. The Bertz CT molecular complexity index is 748. The van der Waals surface area contributed by atoms with Gasteiger partial charge in [0.2, 0.25) is 0 Å². The minimum absolute atomic E-state index is 0.0453. The Morgan fingerprint density at radius 2 is 1.81 bits per heavy atom. The molecule has 0 aromatic heterocycles. The highest BCUT2D eigenvalue weighted by molar-refractivity contribution is 5.60. The summed E-state index contributed by atoms with van der Waals surface area (Å²) < 4.78 is 6.08. The van der Waals surface area contributed by atoms with Gasteiger partial charge in [-0.3, -0.25) is 4.90 Å². The molecule has 1 aliphatic carbocycles. The second-order valence-electron chi connectivity index (χ2n) is 5.67. The van der Waals surface area contributed by atoms with E-state index in [1.165, 1.54) is 0 Å². The van der Waals surface area contributed by atoms with Crippen LogP contribution in [0.1, 0.15) is 29.0 Å². The van der Waals surface area contributed by atoms with E-state index >= 15 is 0 Å². The summed E-state index contributed by atoms with van der Waals surface area (Å²) in [4.78, 5) is 2.14. The molecule has 3 nitrogen and oxygen atoms in total. The molecule has 2 heterocycles. The molecule has 0 radical (unpaired) electrons. The molecule has 2 atom stereocenters. The van der Waals surface area contributed by atoms with Crippen LogP contribution in [-0.4, -0.2) is 23.6 Å². The Kier molecular flexibility index (Phi) is 2.84. The highest BCUT2D eigenvalue weighted by atomic mass is 16.3. The third-order valence-corrected chi connectivity index (χ3v) is 4.28. The lowest BCUT2D eigenvalue weighted by Gasteiger charge is -2.36. The van der Waals surface area contributed by atoms with Gasteiger partial charge in [0.25, 0.3) is 0 Å². The van der Waals surface area contributed by atoms with Gasteiger partial charge in [-0.1, -0.05) is 36.4 Å². The normalized spacial score (nSPS) is 22.4. The number of nitrogens with zero attached hydrogens (tertiary/aromatic N) is 1. The first-order valence-corrected chi connectivity index (χ1v) is 7.19. The van der Waals surface area contributed by atoms with E-state index in [1.807, 2.05) is 49.5 Å². The molecule has 0 spiro atoms. The Hall–Kier alpha value is -2.10. The number of benzene rings is 1. The van der Waals surface area contributed by atoms with Crippen LogP contribution in [0.2, 0.25) is 0 Å². The Morgan fingerprint density at radius 1 is 1.00 bits per heavy atom. The number of β-amino-alcohol motifs (C(OH)–C–C–N with tert-alkyl or cyclic N) is 1. The largest absolute Gasteiger partial charge is 0.459 e. The van der Waals surface area contributed by atoms with Crippen molar-refractivity contribution in [3.05, 3.63) is 71.5 Å². The fraction of sp³-hybridized carbons (Fsp3) is 0.222. The van der Waals surface area contributed by atoms with E-state index in [2.05, 4.69) is 17.0 Å². The van der Waals surface area contributed by atoms with E-state index in [4.69, 9.17) is 4.42 Å². The predicted octanol–water partition coefficient (Wildman–Crippen LogP) is 3.45. The topological polar surface area (TPSA) is 36.6 Å². The molecule has 3 heteroatoms. The van der Waals surface area contributed by atoms with Gasteiger partial charge in [0.15, 0.2) is 0 Å². The van der Waals surface area contributed by atoms with Crippen LogP contribution in [0.15, 0.2) is 59.0 Å². The molecule has 2 unspecified atom stereocenters. The molecule has 0 fully saturated rings. The van der Waals surface area contributed by atoms with E-state index in [0.717, 1.165) is 28.2 Å². The van der Waals surface area contributed by atoms with Crippen molar-refractivity contribution in [3.8, 4) is 11.3 Å². The van der Waals surface area contributed by atoms with Gasteiger partial charge >= 0.3 is 0 Å². The summed E-state index contributed by atoms with van der Waals surface area (Å²) in [7, 11) is 2.02. The van der Waals surface area contributed by atoms with Crippen molar-refractivity contribution in [3.63, 3.8) is 0 Å². The molecular weight excluding hydrogens is 262 g/mol. The first-order valence-electron chi connectivity index (χ1n) is 7.19. The summed E-state index contributed by atoms with van der Waals surface area (Å²) >= 11 is 0. The lowest BCUT2D eigenvalue weighted by Crippen LogP contribution is -2.35. The van der Waals surface area contributed by atoms with Gasteiger partial charge in [-0.05, 0) is 36.4 Å². The van der Waals surface area contributed by atoms with Crippen molar-refractivity contribution in [1.29, 1.82) is 0 Å². The van der Waals surface area contributed by atoms with Crippen LogP contribution in [0.4, 0.5) is 0 Å². The molecule has 4 rings (SSSR count). The van der Waals surface area contributed by atoms with Crippen LogP contribution < -0.4 is 0 Å². The average molecular weight is 279 g/mol. The Labute approximate surface area is 123 Å². The molecule has 21 heavy (non-hydrogen) atoms. The van der Waals surface area contributed by atoms with Crippen molar-refractivity contribution < 1.29 is 9.52 Å². The van der Waals surface area contributed by atoms with Crippen molar-refractivity contribution in [2.24, 2.45) is 0 Å². The van der Waals surface area contributed by atoms with Crippen LogP contribution >= 0.6 is 0 Å². The molecule has 106 valence electrons. The maximum Gasteiger partial charge on any atom is 0.134 e. The standard InChI is InChI=1S/C18H17NO2/c1-19-11-15(20)13-6-2-3-7-14(13)18(19)17-10-9-12-5-4-8-16(12)21-17/h2-10,15,18,20H,11H2,1H3. The fourth-order valence-corrected chi connectivity index (χ4v) is 3.28.